The highest BCUT2D eigenvalue weighted by Gasteiger charge is 2.39. The number of hydrogen-bond donors (Lipinski definition) is 1. The van der Waals surface area contributed by atoms with Crippen LogP contribution in [-0.4, -0.2) is 43.6 Å². The van der Waals surface area contributed by atoms with Crippen molar-refractivity contribution in [1.82, 2.24) is 4.90 Å². The Bertz CT molecular complexity index is 964. The summed E-state index contributed by atoms with van der Waals surface area (Å²) < 4.78 is 10.7. The molecule has 0 spiro atoms. The summed E-state index contributed by atoms with van der Waals surface area (Å²) in [6.07, 6.45) is 0.915. The van der Waals surface area contributed by atoms with Gasteiger partial charge in [-0.1, -0.05) is 25.1 Å². The summed E-state index contributed by atoms with van der Waals surface area (Å²) in [7, 11) is 1.54. The molecule has 0 bridgehead atoms. The summed E-state index contributed by atoms with van der Waals surface area (Å²) in [5.41, 5.74) is 4.34. The molecule has 0 unspecified atom stereocenters. The Kier molecular flexibility index (Phi) is 6.90. The van der Waals surface area contributed by atoms with Crippen LogP contribution in [-0.2, 0) is 14.3 Å². The smallest absolute Gasteiger partial charge is 0.278 e. The number of methoxy groups -OCH3 is 1. The minimum absolute atomic E-state index is 0.202. The van der Waals surface area contributed by atoms with Crippen molar-refractivity contribution in [3.05, 3.63) is 64.9 Å². The molecule has 0 saturated heterocycles. The fraction of sp³-hybridized carbons (Fsp3) is 0.333. The highest BCUT2D eigenvalue weighted by atomic mass is 16.5. The van der Waals surface area contributed by atoms with Crippen LogP contribution < -0.4 is 10.1 Å². The van der Waals surface area contributed by atoms with Crippen LogP contribution in [0, 0.1) is 13.8 Å². The van der Waals surface area contributed by atoms with Gasteiger partial charge in [-0.05, 0) is 61.2 Å². The van der Waals surface area contributed by atoms with E-state index in [0.29, 0.717) is 17.7 Å². The summed E-state index contributed by atoms with van der Waals surface area (Å²) in [4.78, 5) is 27.4. The number of benzene rings is 2. The van der Waals surface area contributed by atoms with E-state index in [4.69, 9.17) is 9.47 Å². The third-order valence-electron chi connectivity index (χ3n) is 5.08. The van der Waals surface area contributed by atoms with Crippen LogP contribution in [0.4, 0.5) is 5.69 Å². The van der Waals surface area contributed by atoms with E-state index in [1.807, 2.05) is 63.2 Å². The second-order valence-electron chi connectivity index (χ2n) is 7.30. The normalized spacial score (nSPS) is 13.9. The third-order valence-corrected chi connectivity index (χ3v) is 5.08. The molecule has 2 aromatic carbocycles. The molecule has 6 nitrogen and oxygen atoms in total. The Morgan fingerprint density at radius 1 is 0.933 bits per heavy atom. The number of imide groups is 1. The van der Waals surface area contributed by atoms with Crippen LogP contribution in [0.3, 0.4) is 0 Å². The number of nitrogens with zero attached hydrogens (tertiary/aromatic N) is 1. The predicted molar refractivity (Wildman–Crippen MR) is 117 cm³/mol. The van der Waals surface area contributed by atoms with Gasteiger partial charge in [0, 0.05) is 12.8 Å². The summed E-state index contributed by atoms with van der Waals surface area (Å²) in [6, 6.07) is 13.1. The van der Waals surface area contributed by atoms with Crippen molar-refractivity contribution in [1.29, 1.82) is 0 Å². The molecule has 1 N–H and O–H groups in total. The summed E-state index contributed by atoms with van der Waals surface area (Å²) in [5.74, 6) is 0.0556. The fourth-order valence-electron chi connectivity index (χ4n) is 3.25. The van der Waals surface area contributed by atoms with Crippen molar-refractivity contribution in [2.24, 2.45) is 0 Å². The molecule has 2 amide bonds. The lowest BCUT2D eigenvalue weighted by molar-refractivity contribution is -0.137. The maximum Gasteiger partial charge on any atom is 0.278 e. The molecule has 0 atom stereocenters. The number of amides is 2. The first-order chi connectivity index (χ1) is 14.5. The van der Waals surface area contributed by atoms with E-state index in [2.05, 4.69) is 5.32 Å². The lowest BCUT2D eigenvalue weighted by Gasteiger charge is -2.14. The summed E-state index contributed by atoms with van der Waals surface area (Å²) in [6.45, 7) is 7.20. The standard InChI is InChI=1S/C24H28N2O4/c1-5-13-30-20-10-7-18(8-11-20)21-22(24(28)26(23(21)27)12-14-29-4)25-19-9-6-16(2)17(3)15-19/h6-11,15,25H,5,12-14H2,1-4H3. The van der Waals surface area contributed by atoms with E-state index in [1.165, 1.54) is 4.90 Å². The molecule has 1 aliphatic rings. The minimum atomic E-state index is -0.350. The maximum atomic E-state index is 13.1. The third kappa shape index (κ3) is 4.54. The Labute approximate surface area is 177 Å². The van der Waals surface area contributed by atoms with Crippen LogP contribution in [0.1, 0.15) is 30.0 Å². The van der Waals surface area contributed by atoms with Gasteiger partial charge >= 0.3 is 0 Å². The number of rotatable bonds is 9. The number of ether oxygens (including phenoxy) is 2. The van der Waals surface area contributed by atoms with Crippen molar-refractivity contribution in [2.45, 2.75) is 27.2 Å². The Hall–Kier alpha value is -3.12. The van der Waals surface area contributed by atoms with Crippen LogP contribution in [0.5, 0.6) is 5.75 Å². The molecule has 0 aliphatic carbocycles. The first kappa shape index (κ1) is 21.6. The molecule has 3 rings (SSSR count). The average molecular weight is 408 g/mol. The van der Waals surface area contributed by atoms with Crippen molar-refractivity contribution >= 4 is 23.1 Å². The van der Waals surface area contributed by atoms with Gasteiger partial charge in [0.15, 0.2) is 0 Å². The van der Waals surface area contributed by atoms with Gasteiger partial charge in [0.25, 0.3) is 11.8 Å². The van der Waals surface area contributed by atoms with Gasteiger partial charge in [0.05, 0.1) is 25.3 Å². The number of aryl methyl sites for hydroxylation is 2. The van der Waals surface area contributed by atoms with Crippen molar-refractivity contribution < 1.29 is 19.1 Å². The number of carbonyl (C=O) groups is 2. The van der Waals surface area contributed by atoms with Crippen LogP contribution in [0.2, 0.25) is 0 Å². The molecule has 1 aliphatic heterocycles. The average Bonchev–Trinajstić information content (AvgIpc) is 2.97. The van der Waals surface area contributed by atoms with Gasteiger partial charge in [0.1, 0.15) is 11.4 Å². The van der Waals surface area contributed by atoms with Gasteiger partial charge in [-0.3, -0.25) is 14.5 Å². The SMILES string of the molecule is CCCOc1ccc(C2=C(Nc3ccc(C)c(C)c3)C(=O)N(CCOC)C2=O)cc1. The zero-order valence-corrected chi connectivity index (χ0v) is 18.0. The molecule has 0 saturated carbocycles. The molecule has 0 radical (unpaired) electrons. The fourth-order valence-corrected chi connectivity index (χ4v) is 3.25. The van der Waals surface area contributed by atoms with E-state index in [1.54, 1.807) is 7.11 Å². The molecule has 0 aromatic heterocycles. The zero-order valence-electron chi connectivity index (χ0n) is 18.0. The van der Waals surface area contributed by atoms with Gasteiger partial charge in [0.2, 0.25) is 0 Å². The Balaban J connectivity index is 1.98. The lowest BCUT2D eigenvalue weighted by Crippen LogP contribution is -2.35. The van der Waals surface area contributed by atoms with Crippen LogP contribution >= 0.6 is 0 Å². The van der Waals surface area contributed by atoms with E-state index < -0.39 is 0 Å². The Morgan fingerprint density at radius 2 is 1.67 bits per heavy atom. The quantitative estimate of drug-likeness (QED) is 0.637. The molecule has 0 fully saturated rings. The summed E-state index contributed by atoms with van der Waals surface area (Å²) in [5, 5.41) is 3.19. The van der Waals surface area contributed by atoms with Gasteiger partial charge < -0.3 is 14.8 Å². The van der Waals surface area contributed by atoms with Gasteiger partial charge in [-0.25, -0.2) is 0 Å². The lowest BCUT2D eigenvalue weighted by atomic mass is 10.0. The molecule has 30 heavy (non-hydrogen) atoms. The topological polar surface area (TPSA) is 67.9 Å². The number of carbonyl (C=O) groups excluding carboxylic acids is 2. The van der Waals surface area contributed by atoms with E-state index in [9.17, 15) is 9.59 Å². The summed E-state index contributed by atoms with van der Waals surface area (Å²) >= 11 is 0. The molecule has 2 aromatic rings. The van der Waals surface area contributed by atoms with E-state index in [-0.39, 0.29) is 30.7 Å². The molecular formula is C24H28N2O4. The zero-order chi connectivity index (χ0) is 21.7. The van der Waals surface area contributed by atoms with E-state index >= 15 is 0 Å². The molecule has 1 heterocycles. The van der Waals surface area contributed by atoms with Crippen LogP contribution in [0.15, 0.2) is 48.2 Å². The van der Waals surface area contributed by atoms with Gasteiger partial charge in [-0.15, -0.1) is 0 Å². The molecule has 6 heteroatoms. The van der Waals surface area contributed by atoms with Crippen molar-refractivity contribution in [2.75, 3.05) is 32.2 Å². The highest BCUT2D eigenvalue weighted by Crippen LogP contribution is 2.31. The van der Waals surface area contributed by atoms with Crippen molar-refractivity contribution in [3.63, 3.8) is 0 Å². The predicted octanol–water partition coefficient (Wildman–Crippen LogP) is 3.93. The van der Waals surface area contributed by atoms with Gasteiger partial charge in [-0.2, -0.15) is 0 Å². The molecular weight excluding hydrogens is 380 g/mol. The second-order valence-corrected chi connectivity index (χ2v) is 7.30. The number of anilines is 1. The number of hydrogen-bond acceptors (Lipinski definition) is 5. The highest BCUT2D eigenvalue weighted by molar-refractivity contribution is 6.36. The maximum absolute atomic E-state index is 13.1. The van der Waals surface area contributed by atoms with E-state index in [0.717, 1.165) is 29.0 Å². The first-order valence-corrected chi connectivity index (χ1v) is 10.1. The Morgan fingerprint density at radius 3 is 2.30 bits per heavy atom. The van der Waals surface area contributed by atoms with Crippen LogP contribution in [0.25, 0.3) is 5.57 Å². The second kappa shape index (κ2) is 9.59. The number of nitrogens with one attached hydrogen (secondary N) is 1. The van der Waals surface area contributed by atoms with Crippen molar-refractivity contribution in [3.8, 4) is 5.75 Å². The minimum Gasteiger partial charge on any atom is -0.494 e. The molecule has 158 valence electrons. The monoisotopic (exact) mass is 408 g/mol. The largest absolute Gasteiger partial charge is 0.494 e. The first-order valence-electron chi connectivity index (χ1n) is 10.1.